The highest BCUT2D eigenvalue weighted by Gasteiger charge is 2.06. The number of rotatable bonds is 5. The molecule has 136 valence electrons. The second-order valence-corrected chi connectivity index (χ2v) is 6.28. The lowest BCUT2D eigenvalue weighted by molar-refractivity contribution is 0.408. The Bertz CT molecular complexity index is 895. The molecule has 27 heavy (non-hydrogen) atoms. The zero-order valence-corrected chi connectivity index (χ0v) is 15.2. The van der Waals surface area contributed by atoms with Crippen LogP contribution < -0.4 is 0 Å². The van der Waals surface area contributed by atoms with Gasteiger partial charge in [0.1, 0.15) is 11.5 Å². The first-order valence-corrected chi connectivity index (χ1v) is 8.51. The topological polar surface area (TPSA) is 68.4 Å². The van der Waals surface area contributed by atoms with Crippen molar-refractivity contribution in [3.05, 3.63) is 89.5 Å². The first-order valence-electron chi connectivity index (χ1n) is 8.51. The Balaban J connectivity index is 1.99. The van der Waals surface area contributed by atoms with Gasteiger partial charge in [0.15, 0.2) is 0 Å². The van der Waals surface area contributed by atoms with Crippen LogP contribution in [0.2, 0.25) is 0 Å². The van der Waals surface area contributed by atoms with Crippen molar-refractivity contribution in [1.82, 2.24) is 5.01 Å². The van der Waals surface area contributed by atoms with E-state index in [4.69, 9.17) is 0 Å². The average molecular weight is 359 g/mol. The molecule has 0 aromatic heterocycles. The van der Waals surface area contributed by atoms with Gasteiger partial charge in [-0.3, -0.25) is 5.01 Å². The minimum atomic E-state index is 0.222. The molecule has 0 unspecified atom stereocenters. The van der Waals surface area contributed by atoms with Crippen LogP contribution in [0.15, 0.2) is 83.1 Å². The summed E-state index contributed by atoms with van der Waals surface area (Å²) in [5, 5.41) is 28.9. The molecule has 5 heteroatoms. The Hall–Kier alpha value is -3.60. The lowest BCUT2D eigenvalue weighted by atomic mass is 9.95. The molecule has 0 amide bonds. The Morgan fingerprint density at radius 2 is 1.22 bits per heavy atom. The van der Waals surface area contributed by atoms with Gasteiger partial charge in [-0.15, -0.1) is 5.11 Å². The van der Waals surface area contributed by atoms with E-state index >= 15 is 0 Å². The molecule has 2 N–H and O–H groups in total. The van der Waals surface area contributed by atoms with Gasteiger partial charge in [-0.25, -0.2) is 0 Å². The summed E-state index contributed by atoms with van der Waals surface area (Å²) in [6.07, 6.45) is 2.06. The Morgan fingerprint density at radius 3 is 1.67 bits per heavy atom. The molecule has 0 spiro atoms. The van der Waals surface area contributed by atoms with Crippen molar-refractivity contribution in [2.75, 3.05) is 14.1 Å². The highest BCUT2D eigenvalue weighted by Crippen LogP contribution is 2.29. The summed E-state index contributed by atoms with van der Waals surface area (Å²) in [7, 11) is 3.64. The van der Waals surface area contributed by atoms with Crippen LogP contribution in [-0.2, 0) is 0 Å². The molecule has 0 saturated carbocycles. The third-order valence-electron chi connectivity index (χ3n) is 3.90. The molecule has 0 fully saturated rings. The van der Waals surface area contributed by atoms with E-state index in [2.05, 4.69) is 16.4 Å². The third-order valence-corrected chi connectivity index (χ3v) is 3.90. The standard InChI is InChI=1S/C22H21N3O2/c1-25(2)24-23-19-9-3-16(4-10-19)15-22(17-5-11-20(26)12-6-17)18-7-13-21(27)14-8-18/h3-15,26-27H,1-2H3. The smallest absolute Gasteiger partial charge is 0.115 e. The molecule has 3 aromatic rings. The third kappa shape index (κ3) is 4.95. The van der Waals surface area contributed by atoms with Crippen LogP contribution in [0.5, 0.6) is 11.5 Å². The molecule has 0 saturated heterocycles. The fraction of sp³-hybridized carbons (Fsp3) is 0.0909. The van der Waals surface area contributed by atoms with Crippen LogP contribution >= 0.6 is 0 Å². The fourth-order valence-electron chi connectivity index (χ4n) is 2.56. The van der Waals surface area contributed by atoms with Crippen molar-refractivity contribution < 1.29 is 10.2 Å². The molecule has 3 rings (SSSR count). The molecule has 0 radical (unpaired) electrons. The van der Waals surface area contributed by atoms with Crippen molar-refractivity contribution in [3.63, 3.8) is 0 Å². The predicted octanol–water partition coefficient (Wildman–Crippen LogP) is 5.25. The van der Waals surface area contributed by atoms with Gasteiger partial charge in [-0.2, -0.15) is 0 Å². The summed E-state index contributed by atoms with van der Waals surface area (Å²) in [4.78, 5) is 0. The number of nitrogens with zero attached hydrogens (tertiary/aromatic N) is 3. The van der Waals surface area contributed by atoms with Crippen LogP contribution in [0, 0.1) is 0 Å². The van der Waals surface area contributed by atoms with Crippen molar-refractivity contribution in [1.29, 1.82) is 0 Å². The molecule has 0 atom stereocenters. The predicted molar refractivity (Wildman–Crippen MR) is 108 cm³/mol. The van der Waals surface area contributed by atoms with Crippen molar-refractivity contribution in [3.8, 4) is 11.5 Å². The molecular weight excluding hydrogens is 338 g/mol. The lowest BCUT2D eigenvalue weighted by Gasteiger charge is -2.10. The summed E-state index contributed by atoms with van der Waals surface area (Å²) in [5.41, 5.74) is 4.70. The van der Waals surface area contributed by atoms with Gasteiger partial charge in [0, 0.05) is 14.1 Å². The molecule has 0 heterocycles. The summed E-state index contributed by atoms with van der Waals surface area (Å²) in [6, 6.07) is 21.9. The Kier molecular flexibility index (Phi) is 5.52. The molecule has 0 aliphatic rings. The normalized spacial score (nSPS) is 10.7. The largest absolute Gasteiger partial charge is 0.508 e. The summed E-state index contributed by atoms with van der Waals surface area (Å²) >= 11 is 0. The maximum atomic E-state index is 9.58. The number of hydrogen-bond donors (Lipinski definition) is 2. The summed E-state index contributed by atoms with van der Waals surface area (Å²) < 4.78 is 0. The van der Waals surface area contributed by atoms with Gasteiger partial charge < -0.3 is 10.2 Å². The van der Waals surface area contributed by atoms with E-state index in [1.807, 2.05) is 62.6 Å². The minimum Gasteiger partial charge on any atom is -0.508 e. The van der Waals surface area contributed by atoms with Gasteiger partial charge in [-0.05, 0) is 64.7 Å². The van der Waals surface area contributed by atoms with E-state index in [1.165, 1.54) is 0 Å². The van der Waals surface area contributed by atoms with Crippen LogP contribution in [0.1, 0.15) is 16.7 Å². The second kappa shape index (κ2) is 8.19. The maximum Gasteiger partial charge on any atom is 0.115 e. The average Bonchev–Trinajstić information content (AvgIpc) is 2.67. The number of benzene rings is 3. The quantitative estimate of drug-likeness (QED) is 0.371. The van der Waals surface area contributed by atoms with Crippen LogP contribution in [-0.4, -0.2) is 29.3 Å². The fourth-order valence-corrected chi connectivity index (χ4v) is 2.56. The van der Waals surface area contributed by atoms with E-state index < -0.39 is 0 Å². The lowest BCUT2D eigenvalue weighted by Crippen LogP contribution is -1.98. The van der Waals surface area contributed by atoms with E-state index in [0.717, 1.165) is 28.0 Å². The second-order valence-electron chi connectivity index (χ2n) is 6.28. The zero-order valence-electron chi connectivity index (χ0n) is 15.2. The van der Waals surface area contributed by atoms with Crippen molar-refractivity contribution in [2.45, 2.75) is 0 Å². The zero-order chi connectivity index (χ0) is 19.2. The minimum absolute atomic E-state index is 0.222. The monoisotopic (exact) mass is 359 g/mol. The van der Waals surface area contributed by atoms with E-state index in [-0.39, 0.29) is 11.5 Å². The van der Waals surface area contributed by atoms with E-state index in [0.29, 0.717) is 0 Å². The number of phenolic OH excluding ortho intramolecular Hbond substituents is 2. The number of aromatic hydroxyl groups is 2. The highest BCUT2D eigenvalue weighted by molar-refractivity contribution is 5.91. The molecule has 0 aliphatic heterocycles. The Labute approximate surface area is 158 Å². The summed E-state index contributed by atoms with van der Waals surface area (Å²) in [6.45, 7) is 0. The molecule has 0 bridgehead atoms. The van der Waals surface area contributed by atoms with Crippen LogP contribution in [0.4, 0.5) is 5.69 Å². The van der Waals surface area contributed by atoms with Gasteiger partial charge in [0.2, 0.25) is 0 Å². The van der Waals surface area contributed by atoms with Gasteiger partial charge >= 0.3 is 0 Å². The van der Waals surface area contributed by atoms with Crippen LogP contribution in [0.3, 0.4) is 0 Å². The SMILES string of the molecule is CN(C)N=Nc1ccc(C=C(c2ccc(O)cc2)c2ccc(O)cc2)cc1. The molecule has 5 nitrogen and oxygen atoms in total. The first kappa shape index (κ1) is 18.2. The van der Waals surface area contributed by atoms with Crippen LogP contribution in [0.25, 0.3) is 11.6 Å². The maximum absolute atomic E-state index is 9.58. The van der Waals surface area contributed by atoms with Crippen molar-refractivity contribution in [2.24, 2.45) is 10.3 Å². The first-order chi connectivity index (χ1) is 13.0. The van der Waals surface area contributed by atoms with E-state index in [1.54, 1.807) is 29.3 Å². The Morgan fingerprint density at radius 1 is 0.741 bits per heavy atom. The van der Waals surface area contributed by atoms with Crippen molar-refractivity contribution >= 4 is 17.3 Å². The van der Waals surface area contributed by atoms with Gasteiger partial charge in [-0.1, -0.05) is 41.6 Å². The van der Waals surface area contributed by atoms with E-state index in [9.17, 15) is 10.2 Å². The molecular formula is C22H21N3O2. The summed E-state index contributed by atoms with van der Waals surface area (Å²) in [5.74, 6) is 0.443. The molecule has 0 aliphatic carbocycles. The highest BCUT2D eigenvalue weighted by atomic mass is 16.3. The number of phenols is 2. The number of hydrogen-bond acceptors (Lipinski definition) is 4. The van der Waals surface area contributed by atoms with Gasteiger partial charge in [0.25, 0.3) is 0 Å². The van der Waals surface area contributed by atoms with Gasteiger partial charge in [0.05, 0.1) is 5.69 Å². The molecule has 3 aromatic carbocycles.